The van der Waals surface area contributed by atoms with E-state index in [1.54, 1.807) is 29.1 Å². The summed E-state index contributed by atoms with van der Waals surface area (Å²) < 4.78 is 6.66. The third-order valence-corrected chi connectivity index (χ3v) is 4.03. The molecule has 1 aromatic carbocycles. The number of benzene rings is 1. The van der Waals surface area contributed by atoms with E-state index in [9.17, 15) is 9.59 Å². The van der Waals surface area contributed by atoms with Crippen LogP contribution in [0.3, 0.4) is 0 Å². The molecular weight excluding hydrogens is 306 g/mol. The van der Waals surface area contributed by atoms with Gasteiger partial charge in [0.1, 0.15) is 5.69 Å². The Morgan fingerprint density at radius 2 is 1.92 bits per heavy atom. The van der Waals surface area contributed by atoms with E-state index in [0.29, 0.717) is 12.0 Å². The van der Waals surface area contributed by atoms with Crippen molar-refractivity contribution in [2.75, 3.05) is 7.11 Å². The normalized spacial score (nSPS) is 13.4. The molecule has 0 fully saturated rings. The molecular formula is C18H23N3O3. The van der Waals surface area contributed by atoms with Crippen molar-refractivity contribution in [1.29, 1.82) is 0 Å². The van der Waals surface area contributed by atoms with E-state index in [0.717, 1.165) is 0 Å². The van der Waals surface area contributed by atoms with Crippen LogP contribution in [0.15, 0.2) is 42.6 Å². The summed E-state index contributed by atoms with van der Waals surface area (Å²) in [4.78, 5) is 25.1. The molecule has 6 nitrogen and oxygen atoms in total. The van der Waals surface area contributed by atoms with Crippen LogP contribution >= 0.6 is 0 Å². The summed E-state index contributed by atoms with van der Waals surface area (Å²) in [5.41, 5.74) is -0.299. The molecule has 1 heterocycles. The van der Waals surface area contributed by atoms with Crippen molar-refractivity contribution >= 4 is 11.9 Å². The fourth-order valence-electron chi connectivity index (χ4n) is 2.58. The van der Waals surface area contributed by atoms with Crippen LogP contribution in [-0.2, 0) is 15.1 Å². The highest BCUT2D eigenvalue weighted by molar-refractivity contribution is 5.97. The Hall–Kier alpha value is -2.63. The van der Waals surface area contributed by atoms with E-state index in [-0.39, 0.29) is 11.7 Å². The Labute approximate surface area is 141 Å². The summed E-state index contributed by atoms with van der Waals surface area (Å²) in [6, 6.07) is 10.9. The van der Waals surface area contributed by atoms with Crippen molar-refractivity contribution in [3.05, 3.63) is 53.9 Å². The molecule has 1 amide bonds. The summed E-state index contributed by atoms with van der Waals surface area (Å²) in [5, 5.41) is 7.09. The third kappa shape index (κ3) is 3.32. The maximum absolute atomic E-state index is 12.7. The molecule has 6 heteroatoms. The lowest BCUT2D eigenvalue weighted by Crippen LogP contribution is -2.52. The van der Waals surface area contributed by atoms with E-state index in [4.69, 9.17) is 4.74 Å². The molecule has 1 N–H and O–H groups in total. The lowest BCUT2D eigenvalue weighted by atomic mass is 9.87. The highest BCUT2D eigenvalue weighted by Gasteiger charge is 2.41. The van der Waals surface area contributed by atoms with Crippen LogP contribution in [0.4, 0.5) is 0 Å². The molecule has 0 aliphatic rings. The van der Waals surface area contributed by atoms with Gasteiger partial charge in [-0.1, -0.05) is 37.3 Å². The second-order valence-corrected chi connectivity index (χ2v) is 5.85. The molecule has 0 spiro atoms. The second-order valence-electron chi connectivity index (χ2n) is 5.85. The Balaban J connectivity index is 2.37. The summed E-state index contributed by atoms with van der Waals surface area (Å²) in [6.07, 6.45) is 2.11. The first-order valence-electron chi connectivity index (χ1n) is 7.96. The molecule has 0 aliphatic heterocycles. The van der Waals surface area contributed by atoms with E-state index in [2.05, 4.69) is 10.4 Å². The first kappa shape index (κ1) is 17.7. The first-order valence-corrected chi connectivity index (χ1v) is 7.96. The van der Waals surface area contributed by atoms with E-state index in [1.807, 2.05) is 39.0 Å². The number of esters is 1. The molecule has 128 valence electrons. The predicted molar refractivity (Wildman–Crippen MR) is 90.5 cm³/mol. The van der Waals surface area contributed by atoms with Crippen molar-refractivity contribution in [2.24, 2.45) is 0 Å². The lowest BCUT2D eigenvalue weighted by molar-refractivity contribution is -0.149. The SMILES string of the molecule is CC[C@@](NC(=O)c1ccn(C(C)C)n1)(C(=O)OC)c1ccccc1. The molecule has 0 saturated carbocycles. The van der Waals surface area contributed by atoms with Crippen molar-refractivity contribution in [2.45, 2.75) is 38.8 Å². The standard InChI is InChI=1S/C18H23N3O3/c1-5-18(17(23)24-4,14-9-7-6-8-10-14)19-16(22)15-11-12-21(20-15)13(2)3/h6-13H,5H2,1-4H3,(H,19,22)/t18-/m0/s1. The van der Waals surface area contributed by atoms with Crippen molar-refractivity contribution in [3.63, 3.8) is 0 Å². The molecule has 2 aromatic rings. The van der Waals surface area contributed by atoms with Crippen LogP contribution in [0, 0.1) is 0 Å². The molecule has 2 rings (SSSR count). The summed E-state index contributed by atoms with van der Waals surface area (Å²) in [5.74, 6) is -0.918. The highest BCUT2D eigenvalue weighted by atomic mass is 16.5. The number of ether oxygens (including phenoxy) is 1. The number of amides is 1. The van der Waals surface area contributed by atoms with Gasteiger partial charge in [0.15, 0.2) is 5.54 Å². The van der Waals surface area contributed by atoms with Gasteiger partial charge in [-0.2, -0.15) is 5.10 Å². The molecule has 0 bridgehead atoms. The van der Waals surface area contributed by atoms with Crippen LogP contribution in [0.25, 0.3) is 0 Å². The lowest BCUT2D eigenvalue weighted by Gasteiger charge is -2.31. The predicted octanol–water partition coefficient (Wildman–Crippen LogP) is 2.67. The molecule has 0 saturated heterocycles. The number of aromatic nitrogens is 2. The number of rotatable bonds is 6. The Morgan fingerprint density at radius 3 is 2.42 bits per heavy atom. The Kier molecular flexibility index (Phi) is 5.39. The largest absolute Gasteiger partial charge is 0.467 e. The maximum atomic E-state index is 12.7. The summed E-state index contributed by atoms with van der Waals surface area (Å²) >= 11 is 0. The number of carbonyl (C=O) groups is 2. The molecule has 0 unspecified atom stereocenters. The summed E-state index contributed by atoms with van der Waals surface area (Å²) in [7, 11) is 1.31. The first-order chi connectivity index (χ1) is 11.4. The Morgan fingerprint density at radius 1 is 1.25 bits per heavy atom. The number of hydrogen-bond acceptors (Lipinski definition) is 4. The van der Waals surface area contributed by atoms with Gasteiger partial charge in [0.05, 0.1) is 7.11 Å². The number of hydrogen-bond donors (Lipinski definition) is 1. The van der Waals surface area contributed by atoms with Crippen molar-refractivity contribution < 1.29 is 14.3 Å². The van der Waals surface area contributed by atoms with Gasteiger partial charge >= 0.3 is 5.97 Å². The Bertz CT molecular complexity index is 709. The smallest absolute Gasteiger partial charge is 0.336 e. The highest BCUT2D eigenvalue weighted by Crippen LogP contribution is 2.27. The minimum atomic E-state index is -1.24. The second kappa shape index (κ2) is 7.29. The molecule has 24 heavy (non-hydrogen) atoms. The van der Waals surface area contributed by atoms with Gasteiger partial charge < -0.3 is 10.1 Å². The van der Waals surface area contributed by atoms with Crippen LogP contribution in [0.1, 0.15) is 49.3 Å². The molecule has 1 aromatic heterocycles. The van der Waals surface area contributed by atoms with Crippen LogP contribution in [0.2, 0.25) is 0 Å². The van der Waals surface area contributed by atoms with Gasteiger partial charge in [0.25, 0.3) is 5.91 Å². The van der Waals surface area contributed by atoms with Crippen LogP contribution in [0.5, 0.6) is 0 Å². The molecule has 0 radical (unpaired) electrons. The summed E-state index contributed by atoms with van der Waals surface area (Å²) in [6.45, 7) is 5.78. The topological polar surface area (TPSA) is 73.2 Å². The number of carbonyl (C=O) groups excluding carboxylic acids is 2. The van der Waals surface area contributed by atoms with Gasteiger partial charge in [-0.25, -0.2) is 4.79 Å². The van der Waals surface area contributed by atoms with Gasteiger partial charge in [0, 0.05) is 12.2 Å². The minimum Gasteiger partial charge on any atom is -0.467 e. The average Bonchev–Trinajstić information content (AvgIpc) is 3.10. The van der Waals surface area contributed by atoms with Crippen LogP contribution < -0.4 is 5.32 Å². The van der Waals surface area contributed by atoms with Crippen LogP contribution in [-0.4, -0.2) is 28.8 Å². The minimum absolute atomic E-state index is 0.150. The quantitative estimate of drug-likeness (QED) is 0.827. The van der Waals surface area contributed by atoms with Gasteiger partial charge in [-0.05, 0) is 31.9 Å². The van der Waals surface area contributed by atoms with Gasteiger partial charge in [0.2, 0.25) is 0 Å². The number of nitrogens with zero attached hydrogens (tertiary/aromatic N) is 2. The maximum Gasteiger partial charge on any atom is 0.336 e. The fourth-order valence-corrected chi connectivity index (χ4v) is 2.58. The monoisotopic (exact) mass is 329 g/mol. The zero-order valence-corrected chi connectivity index (χ0v) is 14.4. The molecule has 1 atom stereocenters. The van der Waals surface area contributed by atoms with Crippen molar-refractivity contribution in [3.8, 4) is 0 Å². The van der Waals surface area contributed by atoms with Crippen molar-refractivity contribution in [1.82, 2.24) is 15.1 Å². The number of nitrogens with one attached hydrogen (secondary N) is 1. The van der Waals surface area contributed by atoms with E-state index < -0.39 is 17.4 Å². The average molecular weight is 329 g/mol. The van der Waals surface area contributed by atoms with Gasteiger partial charge in [-0.3, -0.25) is 9.48 Å². The van der Waals surface area contributed by atoms with Gasteiger partial charge in [-0.15, -0.1) is 0 Å². The van der Waals surface area contributed by atoms with E-state index >= 15 is 0 Å². The number of methoxy groups -OCH3 is 1. The molecule has 0 aliphatic carbocycles. The fraction of sp³-hybridized carbons (Fsp3) is 0.389. The van der Waals surface area contributed by atoms with E-state index in [1.165, 1.54) is 7.11 Å². The zero-order chi connectivity index (χ0) is 17.7. The zero-order valence-electron chi connectivity index (χ0n) is 14.4. The third-order valence-electron chi connectivity index (χ3n) is 4.03.